The van der Waals surface area contributed by atoms with Gasteiger partial charge < -0.3 is 9.84 Å². The van der Waals surface area contributed by atoms with Crippen LogP contribution in [-0.4, -0.2) is 46.4 Å². The van der Waals surface area contributed by atoms with Crippen LogP contribution in [0.25, 0.3) is 0 Å². The Bertz CT molecular complexity index is 311. The van der Waals surface area contributed by atoms with Gasteiger partial charge in [0.25, 0.3) is 0 Å². The van der Waals surface area contributed by atoms with Crippen LogP contribution < -0.4 is 0 Å². The first-order valence-corrected chi connectivity index (χ1v) is 8.89. The molecule has 2 fully saturated rings. The minimum Gasteiger partial charge on any atom is -0.389 e. The van der Waals surface area contributed by atoms with E-state index in [4.69, 9.17) is 4.74 Å². The highest BCUT2D eigenvalue weighted by molar-refractivity contribution is 5.85. The number of hydrogen-bond donors (Lipinski definition) is 1. The predicted octanol–water partition coefficient (Wildman–Crippen LogP) is 4.16. The number of piperidine rings is 1. The van der Waals surface area contributed by atoms with Gasteiger partial charge in [-0.25, -0.2) is 0 Å². The molecule has 1 aliphatic carbocycles. The van der Waals surface area contributed by atoms with Gasteiger partial charge in [0.2, 0.25) is 0 Å². The highest BCUT2D eigenvalue weighted by atomic mass is 35.5. The topological polar surface area (TPSA) is 32.7 Å². The summed E-state index contributed by atoms with van der Waals surface area (Å²) in [5.41, 5.74) is 0.348. The Morgan fingerprint density at radius 3 is 2.09 bits per heavy atom. The number of likely N-dealkylation sites (tertiary alicyclic amines) is 1. The maximum atomic E-state index is 10.4. The van der Waals surface area contributed by atoms with Gasteiger partial charge in [0.15, 0.2) is 0 Å². The first-order chi connectivity index (χ1) is 9.81. The van der Waals surface area contributed by atoms with E-state index >= 15 is 0 Å². The molecule has 3 nitrogen and oxygen atoms in total. The van der Waals surface area contributed by atoms with E-state index in [2.05, 4.69) is 32.6 Å². The number of halogens is 1. The largest absolute Gasteiger partial charge is 0.389 e. The number of hydrogen-bond acceptors (Lipinski definition) is 3. The van der Waals surface area contributed by atoms with Gasteiger partial charge in [0, 0.05) is 17.6 Å². The molecule has 4 heteroatoms. The van der Waals surface area contributed by atoms with Crippen molar-refractivity contribution in [3.63, 3.8) is 0 Å². The van der Waals surface area contributed by atoms with Gasteiger partial charge in [-0.05, 0) is 59.8 Å². The summed E-state index contributed by atoms with van der Waals surface area (Å²) < 4.78 is 5.95. The van der Waals surface area contributed by atoms with E-state index in [1.54, 1.807) is 0 Å². The van der Waals surface area contributed by atoms with Gasteiger partial charge in [-0.3, -0.25) is 4.90 Å². The fourth-order valence-corrected chi connectivity index (χ4v) is 4.28. The molecular weight excluding hydrogens is 298 g/mol. The van der Waals surface area contributed by atoms with E-state index in [0.29, 0.717) is 12.7 Å². The van der Waals surface area contributed by atoms with Gasteiger partial charge in [0.05, 0.1) is 18.8 Å². The molecule has 0 aromatic carbocycles. The zero-order valence-corrected chi connectivity index (χ0v) is 15.8. The second-order valence-electron chi connectivity index (χ2n) is 8.34. The van der Waals surface area contributed by atoms with Gasteiger partial charge in [-0.1, -0.05) is 19.3 Å². The third-order valence-electron chi connectivity index (χ3n) is 5.51. The van der Waals surface area contributed by atoms with Crippen LogP contribution in [0.2, 0.25) is 0 Å². The van der Waals surface area contributed by atoms with E-state index < -0.39 is 0 Å². The molecule has 0 radical (unpaired) electrons. The monoisotopic (exact) mass is 333 g/mol. The van der Waals surface area contributed by atoms with Crippen molar-refractivity contribution in [2.75, 3.05) is 13.2 Å². The first-order valence-electron chi connectivity index (χ1n) is 8.89. The smallest absolute Gasteiger partial charge is 0.0900 e. The lowest BCUT2D eigenvalue weighted by molar-refractivity contribution is -0.0822. The minimum absolute atomic E-state index is 0. The predicted molar refractivity (Wildman–Crippen MR) is 94.8 cm³/mol. The number of aliphatic hydroxyl groups is 1. The molecule has 0 spiro atoms. The molecule has 1 aliphatic heterocycles. The molecule has 2 aliphatic rings. The van der Waals surface area contributed by atoms with Gasteiger partial charge in [0.1, 0.15) is 0 Å². The Morgan fingerprint density at radius 1 is 1.00 bits per heavy atom. The number of aliphatic hydroxyl groups excluding tert-OH is 1. The van der Waals surface area contributed by atoms with Crippen LogP contribution in [0.4, 0.5) is 0 Å². The summed E-state index contributed by atoms with van der Waals surface area (Å²) in [5.74, 6) is 0. The van der Waals surface area contributed by atoms with Crippen LogP contribution in [0.1, 0.15) is 79.1 Å². The summed E-state index contributed by atoms with van der Waals surface area (Å²) in [5, 5.41) is 10.4. The van der Waals surface area contributed by atoms with Gasteiger partial charge in [-0.2, -0.15) is 0 Å². The summed E-state index contributed by atoms with van der Waals surface area (Å²) in [4.78, 5) is 2.50. The van der Waals surface area contributed by atoms with Crippen molar-refractivity contribution in [3.8, 4) is 0 Å². The summed E-state index contributed by atoms with van der Waals surface area (Å²) in [6.07, 6.45) is 9.99. The number of ether oxygens (including phenoxy) is 1. The average Bonchev–Trinajstić information content (AvgIpc) is 2.41. The van der Waals surface area contributed by atoms with E-state index in [1.807, 2.05) is 0 Å². The van der Waals surface area contributed by atoms with Crippen LogP contribution in [0.5, 0.6) is 0 Å². The van der Waals surface area contributed by atoms with Crippen LogP contribution in [-0.2, 0) is 4.74 Å². The van der Waals surface area contributed by atoms with Crippen molar-refractivity contribution in [2.24, 2.45) is 0 Å². The second kappa shape index (κ2) is 8.32. The first kappa shape index (κ1) is 20.2. The van der Waals surface area contributed by atoms with Crippen LogP contribution >= 0.6 is 12.4 Å². The Balaban J connectivity index is 0.00000242. The van der Waals surface area contributed by atoms with E-state index in [0.717, 1.165) is 6.54 Å². The standard InChI is InChI=1S/C18H35NO2.ClH/c1-17(2)11-8-12-18(3,4)19(17)13-15(20)14-21-16-9-6-5-7-10-16;/h15-16,20H,5-14H2,1-4H3;1H. The molecule has 1 saturated heterocycles. The molecule has 0 aromatic heterocycles. The molecule has 1 N–H and O–H groups in total. The molecule has 1 unspecified atom stereocenters. The van der Waals surface area contributed by atoms with Crippen molar-refractivity contribution in [3.05, 3.63) is 0 Å². The summed E-state index contributed by atoms with van der Waals surface area (Å²) in [6, 6.07) is 0. The Morgan fingerprint density at radius 2 is 1.55 bits per heavy atom. The van der Waals surface area contributed by atoms with Gasteiger partial charge in [-0.15, -0.1) is 12.4 Å². The summed E-state index contributed by atoms with van der Waals surface area (Å²) in [6.45, 7) is 10.5. The highest BCUT2D eigenvalue weighted by Crippen LogP contribution is 2.38. The Hall–Kier alpha value is 0.170. The zero-order chi connectivity index (χ0) is 15.5. The van der Waals surface area contributed by atoms with Crippen LogP contribution in [0.15, 0.2) is 0 Å². The molecule has 0 amide bonds. The average molecular weight is 334 g/mol. The fraction of sp³-hybridized carbons (Fsp3) is 1.00. The highest BCUT2D eigenvalue weighted by Gasteiger charge is 2.41. The van der Waals surface area contributed by atoms with Crippen molar-refractivity contribution in [2.45, 2.75) is 102 Å². The third-order valence-corrected chi connectivity index (χ3v) is 5.51. The molecule has 132 valence electrons. The van der Waals surface area contributed by atoms with Crippen molar-refractivity contribution >= 4 is 12.4 Å². The minimum atomic E-state index is -0.372. The summed E-state index contributed by atoms with van der Waals surface area (Å²) >= 11 is 0. The van der Waals surface area contributed by atoms with Crippen molar-refractivity contribution in [1.82, 2.24) is 4.90 Å². The molecule has 1 atom stereocenters. The van der Waals surface area contributed by atoms with Crippen LogP contribution in [0.3, 0.4) is 0 Å². The van der Waals surface area contributed by atoms with E-state index in [9.17, 15) is 5.11 Å². The lowest BCUT2D eigenvalue weighted by Crippen LogP contribution is -2.60. The Kier molecular flexibility index (Phi) is 7.65. The van der Waals surface area contributed by atoms with Crippen molar-refractivity contribution < 1.29 is 9.84 Å². The second-order valence-corrected chi connectivity index (χ2v) is 8.34. The molecular formula is C18H36ClNO2. The zero-order valence-electron chi connectivity index (χ0n) is 14.9. The lowest BCUT2D eigenvalue weighted by atomic mass is 9.79. The maximum Gasteiger partial charge on any atom is 0.0900 e. The number of nitrogens with zero attached hydrogens (tertiary/aromatic N) is 1. The SMILES string of the molecule is CC1(C)CCCC(C)(C)N1CC(O)COC1CCCCC1.Cl. The van der Waals surface area contributed by atoms with Crippen LogP contribution in [0, 0.1) is 0 Å². The summed E-state index contributed by atoms with van der Waals surface area (Å²) in [7, 11) is 0. The van der Waals surface area contributed by atoms with Gasteiger partial charge >= 0.3 is 0 Å². The van der Waals surface area contributed by atoms with E-state index in [1.165, 1.54) is 51.4 Å². The van der Waals surface area contributed by atoms with E-state index in [-0.39, 0.29) is 29.6 Å². The molecule has 0 aromatic rings. The normalized spacial score (nSPS) is 27.1. The molecule has 2 rings (SSSR count). The number of rotatable bonds is 5. The lowest BCUT2D eigenvalue weighted by Gasteiger charge is -2.53. The Labute approximate surface area is 143 Å². The number of β-amino-alcohol motifs (C(OH)–C–C–N with tert-alkyl or cyclic N) is 1. The quantitative estimate of drug-likeness (QED) is 0.820. The molecule has 1 heterocycles. The molecule has 22 heavy (non-hydrogen) atoms. The molecule has 1 saturated carbocycles. The fourth-order valence-electron chi connectivity index (χ4n) is 4.28. The van der Waals surface area contributed by atoms with Crippen molar-refractivity contribution in [1.29, 1.82) is 0 Å². The third kappa shape index (κ3) is 5.36. The maximum absolute atomic E-state index is 10.4. The molecule has 0 bridgehead atoms.